The Morgan fingerprint density at radius 3 is 2.46 bits per heavy atom. The van der Waals surface area contributed by atoms with Crippen LogP contribution in [0.1, 0.15) is 39.2 Å². The Morgan fingerprint density at radius 1 is 1.23 bits per heavy atom. The number of hydrogen-bond acceptors (Lipinski definition) is 5. The molecule has 1 aromatic rings. The number of hydrogen-bond donors (Lipinski definition) is 0. The molecule has 0 amide bonds. The summed E-state index contributed by atoms with van der Waals surface area (Å²) in [6, 6.07) is 9.74. The molecule has 1 aromatic carbocycles. The van der Waals surface area contributed by atoms with Gasteiger partial charge in [0, 0.05) is 12.0 Å². The zero-order valence-corrected chi connectivity index (χ0v) is 17.7. The summed E-state index contributed by atoms with van der Waals surface area (Å²) in [5.41, 5.74) is 0.949. The Morgan fingerprint density at radius 2 is 1.88 bits per heavy atom. The standard InChI is InChI=1S/C20H31NO4Si/c1-20(2,3)26(5,6)24-14-16-17(12-13-18(22)23-4)25-19(21-16)15-10-8-7-9-11-15/h7-11,16-17H,12-14H2,1-6H3/t16-,17-/m1/s1. The van der Waals surface area contributed by atoms with Crippen LogP contribution in [0.25, 0.3) is 0 Å². The molecule has 1 aliphatic heterocycles. The molecule has 2 atom stereocenters. The first-order chi connectivity index (χ1) is 12.1. The minimum Gasteiger partial charge on any atom is -0.472 e. The second kappa shape index (κ2) is 8.35. The lowest BCUT2D eigenvalue weighted by Gasteiger charge is -2.37. The Balaban J connectivity index is 2.11. The van der Waals surface area contributed by atoms with Crippen LogP contribution in [0.3, 0.4) is 0 Å². The molecule has 26 heavy (non-hydrogen) atoms. The van der Waals surface area contributed by atoms with Gasteiger partial charge in [-0.1, -0.05) is 39.0 Å². The molecular formula is C20H31NO4Si. The Bertz CT molecular complexity index is 637. The molecule has 0 aliphatic carbocycles. The Hall–Kier alpha value is -1.66. The van der Waals surface area contributed by atoms with Gasteiger partial charge >= 0.3 is 5.97 Å². The fourth-order valence-electron chi connectivity index (χ4n) is 2.48. The smallest absolute Gasteiger partial charge is 0.305 e. The van der Waals surface area contributed by atoms with Gasteiger partial charge in [-0.2, -0.15) is 0 Å². The maximum Gasteiger partial charge on any atom is 0.305 e. The molecular weight excluding hydrogens is 346 g/mol. The summed E-state index contributed by atoms with van der Waals surface area (Å²) < 4.78 is 17.2. The third-order valence-corrected chi connectivity index (χ3v) is 9.78. The summed E-state index contributed by atoms with van der Waals surface area (Å²) in [5, 5.41) is 0.139. The monoisotopic (exact) mass is 377 g/mol. The summed E-state index contributed by atoms with van der Waals surface area (Å²) in [7, 11) is -0.467. The van der Waals surface area contributed by atoms with Crippen molar-refractivity contribution >= 4 is 20.2 Å². The van der Waals surface area contributed by atoms with Crippen molar-refractivity contribution in [2.75, 3.05) is 13.7 Å². The third kappa shape index (κ3) is 5.17. The van der Waals surface area contributed by atoms with Crippen LogP contribution < -0.4 is 0 Å². The van der Waals surface area contributed by atoms with E-state index in [1.165, 1.54) is 7.11 Å². The third-order valence-electron chi connectivity index (χ3n) is 5.28. The number of carbonyl (C=O) groups excluding carboxylic acids is 1. The van der Waals surface area contributed by atoms with E-state index < -0.39 is 8.32 Å². The van der Waals surface area contributed by atoms with E-state index in [4.69, 9.17) is 18.9 Å². The minimum absolute atomic E-state index is 0.107. The number of aliphatic imine (C=N–C) groups is 1. The zero-order chi connectivity index (χ0) is 19.4. The van der Waals surface area contributed by atoms with E-state index in [-0.39, 0.29) is 23.2 Å². The first-order valence-electron chi connectivity index (χ1n) is 9.14. The quantitative estimate of drug-likeness (QED) is 0.528. The fourth-order valence-corrected chi connectivity index (χ4v) is 3.50. The molecule has 144 valence electrons. The van der Waals surface area contributed by atoms with Gasteiger partial charge in [-0.15, -0.1) is 0 Å². The molecule has 0 radical (unpaired) electrons. The van der Waals surface area contributed by atoms with Crippen LogP contribution in [0, 0.1) is 0 Å². The second-order valence-corrected chi connectivity index (χ2v) is 13.0. The van der Waals surface area contributed by atoms with Gasteiger partial charge in [0.05, 0.1) is 13.7 Å². The molecule has 0 spiro atoms. The molecule has 0 saturated carbocycles. The zero-order valence-electron chi connectivity index (χ0n) is 16.7. The van der Waals surface area contributed by atoms with Gasteiger partial charge in [-0.25, -0.2) is 4.99 Å². The molecule has 5 nitrogen and oxygen atoms in total. The van der Waals surface area contributed by atoms with Crippen LogP contribution in [0.15, 0.2) is 35.3 Å². The highest BCUT2D eigenvalue weighted by atomic mass is 28.4. The fraction of sp³-hybridized carbons (Fsp3) is 0.600. The highest BCUT2D eigenvalue weighted by Gasteiger charge is 2.40. The van der Waals surface area contributed by atoms with Crippen molar-refractivity contribution in [3.05, 3.63) is 35.9 Å². The molecule has 0 saturated heterocycles. The van der Waals surface area contributed by atoms with E-state index in [0.29, 0.717) is 25.3 Å². The molecule has 2 rings (SSSR count). The van der Waals surface area contributed by atoms with E-state index in [2.05, 4.69) is 33.9 Å². The number of rotatable bonds is 7. The van der Waals surface area contributed by atoms with E-state index in [9.17, 15) is 4.79 Å². The summed E-state index contributed by atoms with van der Waals surface area (Å²) >= 11 is 0. The van der Waals surface area contributed by atoms with Gasteiger partial charge in [0.1, 0.15) is 12.1 Å². The average Bonchev–Trinajstić information content (AvgIpc) is 3.01. The first-order valence-corrected chi connectivity index (χ1v) is 12.1. The molecule has 0 N–H and O–H groups in total. The molecule has 6 heteroatoms. The predicted molar refractivity (Wildman–Crippen MR) is 106 cm³/mol. The van der Waals surface area contributed by atoms with E-state index >= 15 is 0 Å². The summed E-state index contributed by atoms with van der Waals surface area (Å²) in [6.45, 7) is 11.6. The van der Waals surface area contributed by atoms with Crippen molar-refractivity contribution < 1.29 is 18.7 Å². The number of methoxy groups -OCH3 is 1. The van der Waals surface area contributed by atoms with Crippen LogP contribution in [0.4, 0.5) is 0 Å². The van der Waals surface area contributed by atoms with Crippen LogP contribution in [-0.2, 0) is 18.7 Å². The SMILES string of the molecule is COC(=O)CC[C@H]1OC(c2ccccc2)=N[C@@H]1CO[Si](C)(C)C(C)(C)C. The number of benzene rings is 1. The molecule has 0 unspecified atom stereocenters. The van der Waals surface area contributed by atoms with Gasteiger partial charge in [-0.05, 0) is 36.7 Å². The Labute approximate surface area is 157 Å². The summed E-state index contributed by atoms with van der Waals surface area (Å²) in [6.07, 6.45) is 0.710. The maximum absolute atomic E-state index is 11.5. The number of nitrogens with zero attached hydrogens (tertiary/aromatic N) is 1. The van der Waals surface area contributed by atoms with Crippen molar-refractivity contribution in [1.82, 2.24) is 0 Å². The first kappa shape index (κ1) is 20.6. The lowest BCUT2D eigenvalue weighted by molar-refractivity contribution is -0.141. The van der Waals surface area contributed by atoms with Crippen molar-refractivity contribution in [3.63, 3.8) is 0 Å². The van der Waals surface area contributed by atoms with Crippen LogP contribution in [0.5, 0.6) is 0 Å². The van der Waals surface area contributed by atoms with Crippen molar-refractivity contribution in [2.45, 2.75) is 63.9 Å². The van der Waals surface area contributed by atoms with Gasteiger partial charge in [0.25, 0.3) is 0 Å². The number of esters is 1. The van der Waals surface area contributed by atoms with Gasteiger partial charge in [-0.3, -0.25) is 4.79 Å². The highest BCUT2D eigenvalue weighted by Crippen LogP contribution is 2.37. The second-order valence-electron chi connectivity index (χ2n) is 8.21. The van der Waals surface area contributed by atoms with E-state index in [1.807, 2.05) is 30.3 Å². The number of carbonyl (C=O) groups is 1. The average molecular weight is 378 g/mol. The number of ether oxygens (including phenoxy) is 2. The van der Waals surface area contributed by atoms with Crippen molar-refractivity contribution in [1.29, 1.82) is 0 Å². The van der Waals surface area contributed by atoms with Crippen molar-refractivity contribution in [3.8, 4) is 0 Å². The van der Waals surface area contributed by atoms with Gasteiger partial charge in [0.2, 0.25) is 5.90 Å². The lowest BCUT2D eigenvalue weighted by atomic mass is 10.1. The highest BCUT2D eigenvalue weighted by molar-refractivity contribution is 6.74. The van der Waals surface area contributed by atoms with E-state index in [0.717, 1.165) is 5.56 Å². The van der Waals surface area contributed by atoms with Crippen molar-refractivity contribution in [2.24, 2.45) is 4.99 Å². The lowest BCUT2D eigenvalue weighted by Crippen LogP contribution is -2.43. The molecule has 0 bridgehead atoms. The largest absolute Gasteiger partial charge is 0.472 e. The molecule has 0 aromatic heterocycles. The van der Waals surface area contributed by atoms with Gasteiger partial charge < -0.3 is 13.9 Å². The van der Waals surface area contributed by atoms with Crippen LogP contribution >= 0.6 is 0 Å². The maximum atomic E-state index is 11.5. The van der Waals surface area contributed by atoms with Crippen LogP contribution in [0.2, 0.25) is 18.1 Å². The molecule has 1 aliphatic rings. The summed E-state index contributed by atoms with van der Waals surface area (Å²) in [5.74, 6) is 0.398. The molecule has 0 fully saturated rings. The topological polar surface area (TPSA) is 57.1 Å². The van der Waals surface area contributed by atoms with E-state index in [1.54, 1.807) is 0 Å². The van der Waals surface area contributed by atoms with Gasteiger partial charge in [0.15, 0.2) is 8.32 Å². The predicted octanol–water partition coefficient (Wildman–Crippen LogP) is 4.18. The Kier molecular flexibility index (Phi) is 6.63. The molecule has 1 heterocycles. The summed E-state index contributed by atoms with van der Waals surface area (Å²) in [4.78, 5) is 16.3. The normalized spacial score (nSPS) is 20.5. The van der Waals surface area contributed by atoms with Crippen LogP contribution in [-0.4, -0.2) is 46.0 Å². The minimum atomic E-state index is -1.87.